The average molecular weight is 313 g/mol. The third kappa shape index (κ3) is 3.00. The molecule has 1 aliphatic heterocycles. The van der Waals surface area contributed by atoms with Gasteiger partial charge in [0.25, 0.3) is 0 Å². The Morgan fingerprint density at radius 2 is 2.19 bits per heavy atom. The Labute approximate surface area is 126 Å². The predicted octanol–water partition coefficient (Wildman–Crippen LogP) is 1.19. The minimum atomic E-state index is -3.19. The molecule has 0 aromatic carbocycles. The van der Waals surface area contributed by atoms with Crippen molar-refractivity contribution < 1.29 is 13.2 Å². The minimum Gasteiger partial charge on any atom is -0.384 e. The van der Waals surface area contributed by atoms with Crippen molar-refractivity contribution in [3.63, 3.8) is 0 Å². The molecule has 1 aromatic heterocycles. The van der Waals surface area contributed by atoms with Crippen molar-refractivity contribution in [1.82, 2.24) is 13.9 Å². The SMILES string of the molecule is CCS(=O)(=O)N1Cc2ncn(CC3CC3)c2[C@@H](COC)C1. The van der Waals surface area contributed by atoms with Crippen LogP contribution in [0.1, 0.15) is 37.1 Å². The number of fused-ring (bicyclic) bond motifs is 1. The van der Waals surface area contributed by atoms with Crippen LogP contribution >= 0.6 is 0 Å². The molecule has 7 heteroatoms. The summed E-state index contributed by atoms with van der Waals surface area (Å²) in [5, 5.41) is 0. The molecular formula is C14H23N3O3S. The molecule has 118 valence electrons. The van der Waals surface area contributed by atoms with Gasteiger partial charge in [0.2, 0.25) is 10.0 Å². The Bertz CT molecular complexity index is 607. The molecule has 21 heavy (non-hydrogen) atoms. The van der Waals surface area contributed by atoms with Crippen molar-refractivity contribution in [2.24, 2.45) is 5.92 Å². The number of nitrogens with zero attached hydrogens (tertiary/aromatic N) is 3. The van der Waals surface area contributed by atoms with Gasteiger partial charge in [-0.05, 0) is 25.7 Å². The summed E-state index contributed by atoms with van der Waals surface area (Å²) in [4.78, 5) is 4.47. The van der Waals surface area contributed by atoms with Crippen molar-refractivity contribution in [2.75, 3.05) is 26.0 Å². The van der Waals surface area contributed by atoms with E-state index < -0.39 is 10.0 Å². The van der Waals surface area contributed by atoms with Crippen LogP contribution < -0.4 is 0 Å². The lowest BCUT2D eigenvalue weighted by Crippen LogP contribution is -2.41. The van der Waals surface area contributed by atoms with Crippen LogP contribution in [0.4, 0.5) is 0 Å². The number of imidazole rings is 1. The van der Waals surface area contributed by atoms with E-state index in [1.54, 1.807) is 18.3 Å². The molecule has 3 rings (SSSR count). The number of hydrogen-bond acceptors (Lipinski definition) is 4. The minimum absolute atomic E-state index is 0.0707. The molecule has 2 aliphatic rings. The molecule has 0 radical (unpaired) electrons. The average Bonchev–Trinajstić information content (AvgIpc) is 3.18. The normalized spacial score (nSPS) is 23.2. The highest BCUT2D eigenvalue weighted by molar-refractivity contribution is 7.89. The Balaban J connectivity index is 1.90. The maximum atomic E-state index is 12.2. The third-order valence-electron chi connectivity index (χ3n) is 4.37. The number of ether oxygens (including phenoxy) is 1. The summed E-state index contributed by atoms with van der Waals surface area (Å²) >= 11 is 0. The highest BCUT2D eigenvalue weighted by Crippen LogP contribution is 2.35. The zero-order valence-electron chi connectivity index (χ0n) is 12.7. The number of aromatic nitrogens is 2. The Hall–Kier alpha value is -0.920. The fraction of sp³-hybridized carbons (Fsp3) is 0.786. The van der Waals surface area contributed by atoms with Gasteiger partial charge in [0, 0.05) is 31.8 Å². The van der Waals surface area contributed by atoms with Crippen molar-refractivity contribution in [3.05, 3.63) is 17.7 Å². The summed E-state index contributed by atoms with van der Waals surface area (Å²) in [7, 11) is -1.53. The van der Waals surface area contributed by atoms with Crippen molar-refractivity contribution in [2.45, 2.75) is 38.8 Å². The third-order valence-corrected chi connectivity index (χ3v) is 6.17. The summed E-state index contributed by atoms with van der Waals surface area (Å²) in [6.45, 7) is 4.10. The summed E-state index contributed by atoms with van der Waals surface area (Å²) in [6, 6.07) is 0. The predicted molar refractivity (Wildman–Crippen MR) is 79.4 cm³/mol. The molecule has 0 bridgehead atoms. The van der Waals surface area contributed by atoms with Gasteiger partial charge >= 0.3 is 0 Å². The summed E-state index contributed by atoms with van der Waals surface area (Å²) in [5.41, 5.74) is 2.06. The first kappa shape index (κ1) is 15.0. The molecule has 0 spiro atoms. The topological polar surface area (TPSA) is 64.4 Å². The number of hydrogen-bond donors (Lipinski definition) is 0. The van der Waals surface area contributed by atoms with Crippen LogP contribution in [-0.4, -0.2) is 48.3 Å². The van der Waals surface area contributed by atoms with Crippen LogP contribution in [0, 0.1) is 5.92 Å². The monoisotopic (exact) mass is 313 g/mol. The van der Waals surface area contributed by atoms with Gasteiger partial charge in [-0.3, -0.25) is 0 Å². The molecule has 2 heterocycles. The zero-order chi connectivity index (χ0) is 15.0. The van der Waals surface area contributed by atoms with Crippen molar-refractivity contribution in [3.8, 4) is 0 Å². The summed E-state index contributed by atoms with van der Waals surface area (Å²) in [6.07, 6.45) is 4.45. The quantitative estimate of drug-likeness (QED) is 0.791. The van der Waals surface area contributed by atoms with E-state index >= 15 is 0 Å². The molecule has 0 saturated heterocycles. The highest BCUT2D eigenvalue weighted by Gasteiger charge is 2.35. The first-order valence-electron chi connectivity index (χ1n) is 7.55. The number of sulfonamides is 1. The molecule has 1 saturated carbocycles. The molecule has 1 aromatic rings. The van der Waals surface area contributed by atoms with E-state index in [1.165, 1.54) is 18.5 Å². The molecule has 0 N–H and O–H groups in total. The second-order valence-corrected chi connectivity index (χ2v) is 8.28. The standard InChI is InChI=1S/C14H23N3O3S/c1-3-21(18,19)17-7-12(9-20-2)14-13(8-17)15-10-16(14)6-11-4-5-11/h10-12H,3-9H2,1-2H3/t12-/m1/s1. The lowest BCUT2D eigenvalue weighted by atomic mass is 10.0. The lowest BCUT2D eigenvalue weighted by molar-refractivity contribution is 0.159. The molecule has 1 fully saturated rings. The molecule has 0 amide bonds. The summed E-state index contributed by atoms with van der Waals surface area (Å²) < 4.78 is 33.4. The van der Waals surface area contributed by atoms with Crippen LogP contribution in [0.25, 0.3) is 0 Å². The van der Waals surface area contributed by atoms with E-state index in [9.17, 15) is 8.42 Å². The van der Waals surface area contributed by atoms with E-state index in [2.05, 4.69) is 9.55 Å². The highest BCUT2D eigenvalue weighted by atomic mass is 32.2. The molecular weight excluding hydrogens is 290 g/mol. The van der Waals surface area contributed by atoms with Crippen LogP contribution in [0.2, 0.25) is 0 Å². The van der Waals surface area contributed by atoms with E-state index in [-0.39, 0.29) is 11.7 Å². The maximum absolute atomic E-state index is 12.2. The van der Waals surface area contributed by atoms with Crippen LogP contribution in [0.15, 0.2) is 6.33 Å². The largest absolute Gasteiger partial charge is 0.384 e. The van der Waals surface area contributed by atoms with Crippen molar-refractivity contribution >= 4 is 10.0 Å². The van der Waals surface area contributed by atoms with Gasteiger partial charge in [-0.2, -0.15) is 4.31 Å². The maximum Gasteiger partial charge on any atom is 0.214 e. The van der Waals surface area contributed by atoms with Gasteiger partial charge in [0.05, 0.1) is 30.9 Å². The van der Waals surface area contributed by atoms with Gasteiger partial charge in [0.1, 0.15) is 0 Å². The molecule has 6 nitrogen and oxygen atoms in total. The van der Waals surface area contributed by atoms with Gasteiger partial charge in [-0.15, -0.1) is 0 Å². The van der Waals surface area contributed by atoms with Crippen LogP contribution in [-0.2, 0) is 27.8 Å². The van der Waals surface area contributed by atoms with Crippen LogP contribution in [0.5, 0.6) is 0 Å². The van der Waals surface area contributed by atoms with E-state index in [1.807, 2.05) is 6.33 Å². The summed E-state index contributed by atoms with van der Waals surface area (Å²) in [5.74, 6) is 0.968. The first-order valence-corrected chi connectivity index (χ1v) is 9.16. The second-order valence-electron chi connectivity index (χ2n) is 6.02. The van der Waals surface area contributed by atoms with Gasteiger partial charge in [-0.25, -0.2) is 13.4 Å². The molecule has 1 aliphatic carbocycles. The lowest BCUT2D eigenvalue weighted by Gasteiger charge is -2.32. The smallest absolute Gasteiger partial charge is 0.214 e. The Morgan fingerprint density at radius 3 is 2.81 bits per heavy atom. The second kappa shape index (κ2) is 5.70. The number of rotatable bonds is 6. The van der Waals surface area contributed by atoms with E-state index in [4.69, 9.17) is 4.74 Å². The fourth-order valence-electron chi connectivity index (χ4n) is 3.04. The Morgan fingerprint density at radius 1 is 1.43 bits per heavy atom. The Kier molecular flexibility index (Phi) is 4.07. The van der Waals surface area contributed by atoms with Crippen LogP contribution in [0.3, 0.4) is 0 Å². The van der Waals surface area contributed by atoms with Gasteiger partial charge < -0.3 is 9.30 Å². The molecule has 1 atom stereocenters. The van der Waals surface area contributed by atoms with Gasteiger partial charge in [0.15, 0.2) is 0 Å². The van der Waals surface area contributed by atoms with Crippen molar-refractivity contribution in [1.29, 1.82) is 0 Å². The van der Waals surface area contributed by atoms with Gasteiger partial charge in [-0.1, -0.05) is 0 Å². The molecule has 0 unspecified atom stereocenters. The fourth-order valence-corrected chi connectivity index (χ4v) is 4.13. The zero-order valence-corrected chi connectivity index (χ0v) is 13.5. The van der Waals surface area contributed by atoms with E-state index in [0.29, 0.717) is 19.7 Å². The van der Waals surface area contributed by atoms with E-state index in [0.717, 1.165) is 18.2 Å². The first-order chi connectivity index (χ1) is 10.0. The number of methoxy groups -OCH3 is 1.